The fraction of sp³-hybridized carbons (Fsp3) is 0.286. The van der Waals surface area contributed by atoms with E-state index in [2.05, 4.69) is 21.4 Å². The standard InChI is InChI=1S/C21H18N4O3S/c1-11-12(2)24-17-8-13(6-7-16(17)23-11)21(27)28-10-19(26)25-20-15(9-22)14-4-3-5-18(14)29-20/h6-8H,3-5,10H2,1-2H3,(H,25,26). The molecule has 1 aliphatic carbocycles. The second-order valence-electron chi connectivity index (χ2n) is 6.90. The monoisotopic (exact) mass is 406 g/mol. The maximum absolute atomic E-state index is 12.3. The number of aryl methyl sites for hydroxylation is 3. The first kappa shape index (κ1) is 19.0. The quantitative estimate of drug-likeness (QED) is 0.665. The van der Waals surface area contributed by atoms with Crippen molar-refractivity contribution in [3.63, 3.8) is 0 Å². The van der Waals surface area contributed by atoms with Crippen LogP contribution in [0.4, 0.5) is 5.00 Å². The summed E-state index contributed by atoms with van der Waals surface area (Å²) in [6.45, 7) is 3.30. The number of nitriles is 1. The van der Waals surface area contributed by atoms with Crippen LogP contribution in [0.1, 0.15) is 44.2 Å². The predicted molar refractivity (Wildman–Crippen MR) is 109 cm³/mol. The van der Waals surface area contributed by atoms with Gasteiger partial charge in [-0.2, -0.15) is 5.26 Å². The molecular formula is C21H18N4O3S. The smallest absolute Gasteiger partial charge is 0.338 e. The van der Waals surface area contributed by atoms with Crippen LogP contribution >= 0.6 is 11.3 Å². The van der Waals surface area contributed by atoms with Gasteiger partial charge < -0.3 is 10.1 Å². The maximum atomic E-state index is 12.3. The third-order valence-electron chi connectivity index (χ3n) is 4.93. The van der Waals surface area contributed by atoms with E-state index < -0.39 is 18.5 Å². The maximum Gasteiger partial charge on any atom is 0.338 e. The number of nitrogens with one attached hydrogen (secondary N) is 1. The molecule has 0 radical (unpaired) electrons. The van der Waals surface area contributed by atoms with Crippen molar-refractivity contribution >= 4 is 39.2 Å². The number of ether oxygens (including phenoxy) is 1. The Kier molecular flexibility index (Phi) is 4.99. The molecule has 2 heterocycles. The number of carbonyl (C=O) groups is 2. The molecule has 3 aromatic rings. The summed E-state index contributed by atoms with van der Waals surface area (Å²) < 4.78 is 5.14. The second kappa shape index (κ2) is 7.60. The van der Waals surface area contributed by atoms with E-state index in [-0.39, 0.29) is 0 Å². The number of amides is 1. The molecule has 0 aliphatic heterocycles. The minimum Gasteiger partial charge on any atom is -0.452 e. The number of anilines is 1. The Labute approximate surface area is 171 Å². The van der Waals surface area contributed by atoms with Crippen LogP contribution in [-0.2, 0) is 22.4 Å². The summed E-state index contributed by atoms with van der Waals surface area (Å²) in [5, 5.41) is 12.6. The lowest BCUT2D eigenvalue weighted by Crippen LogP contribution is -2.21. The highest BCUT2D eigenvalue weighted by molar-refractivity contribution is 7.16. The molecule has 7 nitrogen and oxygen atoms in total. The average molecular weight is 406 g/mol. The molecule has 0 unspecified atom stereocenters. The fourth-order valence-corrected chi connectivity index (χ4v) is 4.60. The number of aromatic nitrogens is 2. The summed E-state index contributed by atoms with van der Waals surface area (Å²) in [6, 6.07) is 7.08. The van der Waals surface area contributed by atoms with E-state index in [1.54, 1.807) is 18.2 Å². The van der Waals surface area contributed by atoms with Crippen molar-refractivity contribution in [1.29, 1.82) is 5.26 Å². The van der Waals surface area contributed by atoms with Crippen LogP contribution in [0, 0.1) is 25.2 Å². The van der Waals surface area contributed by atoms with Crippen molar-refractivity contribution in [2.24, 2.45) is 0 Å². The largest absolute Gasteiger partial charge is 0.452 e. The molecule has 0 spiro atoms. The zero-order valence-electron chi connectivity index (χ0n) is 16.0. The Bertz CT molecular complexity index is 1190. The van der Waals surface area contributed by atoms with E-state index in [9.17, 15) is 14.9 Å². The number of esters is 1. The van der Waals surface area contributed by atoms with Crippen LogP contribution in [0.3, 0.4) is 0 Å². The van der Waals surface area contributed by atoms with Crippen LogP contribution in [0.15, 0.2) is 18.2 Å². The number of thiophene rings is 1. The Morgan fingerprint density at radius 1 is 1.21 bits per heavy atom. The minimum absolute atomic E-state index is 0.302. The van der Waals surface area contributed by atoms with E-state index in [4.69, 9.17) is 4.74 Å². The second-order valence-corrected chi connectivity index (χ2v) is 8.00. The topological polar surface area (TPSA) is 105 Å². The van der Waals surface area contributed by atoms with E-state index >= 15 is 0 Å². The van der Waals surface area contributed by atoms with Crippen molar-refractivity contribution in [3.05, 3.63) is 51.2 Å². The zero-order valence-corrected chi connectivity index (χ0v) is 16.9. The van der Waals surface area contributed by atoms with Gasteiger partial charge in [0.2, 0.25) is 0 Å². The molecule has 1 aromatic carbocycles. The molecule has 2 aromatic heterocycles. The number of hydrogen-bond acceptors (Lipinski definition) is 7. The van der Waals surface area contributed by atoms with Gasteiger partial charge in [-0.15, -0.1) is 11.3 Å². The lowest BCUT2D eigenvalue weighted by molar-refractivity contribution is -0.119. The summed E-state index contributed by atoms with van der Waals surface area (Å²) in [5.41, 5.74) is 4.78. The third kappa shape index (κ3) is 3.69. The lowest BCUT2D eigenvalue weighted by atomic mass is 10.1. The van der Waals surface area contributed by atoms with Crippen molar-refractivity contribution in [2.75, 3.05) is 11.9 Å². The van der Waals surface area contributed by atoms with Crippen LogP contribution in [0.2, 0.25) is 0 Å². The predicted octanol–water partition coefficient (Wildman–Crippen LogP) is 3.46. The summed E-state index contributed by atoms with van der Waals surface area (Å²) in [4.78, 5) is 34.6. The summed E-state index contributed by atoms with van der Waals surface area (Å²) >= 11 is 1.43. The number of hydrogen-bond donors (Lipinski definition) is 1. The SMILES string of the molecule is Cc1nc2ccc(C(=O)OCC(=O)Nc3sc4c(c3C#N)CCC4)cc2nc1C. The molecule has 0 saturated heterocycles. The van der Waals surface area contributed by atoms with Gasteiger partial charge in [0.15, 0.2) is 6.61 Å². The fourth-order valence-electron chi connectivity index (χ4n) is 3.35. The van der Waals surface area contributed by atoms with Crippen molar-refractivity contribution in [1.82, 2.24) is 9.97 Å². The molecular weight excluding hydrogens is 388 g/mol. The molecule has 4 rings (SSSR count). The van der Waals surface area contributed by atoms with E-state index in [0.29, 0.717) is 27.2 Å². The number of nitrogens with zero attached hydrogens (tertiary/aromatic N) is 3. The van der Waals surface area contributed by atoms with Gasteiger partial charge in [0.05, 0.1) is 33.5 Å². The van der Waals surface area contributed by atoms with Gasteiger partial charge in [0.25, 0.3) is 5.91 Å². The van der Waals surface area contributed by atoms with Gasteiger partial charge in [0, 0.05) is 4.88 Å². The van der Waals surface area contributed by atoms with Crippen LogP contribution in [-0.4, -0.2) is 28.5 Å². The van der Waals surface area contributed by atoms with Crippen molar-refractivity contribution in [3.8, 4) is 6.07 Å². The van der Waals surface area contributed by atoms with Crippen LogP contribution < -0.4 is 5.32 Å². The van der Waals surface area contributed by atoms with Gasteiger partial charge in [-0.1, -0.05) is 0 Å². The number of fused-ring (bicyclic) bond motifs is 2. The van der Waals surface area contributed by atoms with Gasteiger partial charge in [-0.3, -0.25) is 4.79 Å². The highest BCUT2D eigenvalue weighted by Gasteiger charge is 2.23. The summed E-state index contributed by atoms with van der Waals surface area (Å²) in [5.74, 6) is -1.09. The van der Waals surface area contributed by atoms with Gasteiger partial charge >= 0.3 is 5.97 Å². The Morgan fingerprint density at radius 3 is 2.72 bits per heavy atom. The highest BCUT2D eigenvalue weighted by Crippen LogP contribution is 2.38. The third-order valence-corrected chi connectivity index (χ3v) is 6.14. The first-order chi connectivity index (χ1) is 14.0. The van der Waals surface area contributed by atoms with Crippen LogP contribution in [0.25, 0.3) is 11.0 Å². The molecule has 1 N–H and O–H groups in total. The molecule has 0 fully saturated rings. The van der Waals surface area contributed by atoms with Gasteiger partial charge in [0.1, 0.15) is 11.1 Å². The molecule has 0 bridgehead atoms. The van der Waals surface area contributed by atoms with E-state index in [1.165, 1.54) is 11.3 Å². The first-order valence-corrected chi connectivity index (χ1v) is 10.0. The molecule has 1 amide bonds. The zero-order chi connectivity index (χ0) is 20.5. The summed E-state index contributed by atoms with van der Waals surface area (Å²) in [7, 11) is 0. The van der Waals surface area contributed by atoms with Gasteiger partial charge in [-0.05, 0) is 56.9 Å². The number of carbonyl (C=O) groups excluding carboxylic acids is 2. The molecule has 0 atom stereocenters. The number of benzene rings is 1. The van der Waals surface area contributed by atoms with Gasteiger partial charge in [-0.25, -0.2) is 14.8 Å². The molecule has 146 valence electrons. The van der Waals surface area contributed by atoms with Crippen LogP contribution in [0.5, 0.6) is 0 Å². The van der Waals surface area contributed by atoms with E-state index in [0.717, 1.165) is 41.1 Å². The molecule has 1 aliphatic rings. The Balaban J connectivity index is 1.42. The Hall–Kier alpha value is -3.31. The Morgan fingerprint density at radius 2 is 1.97 bits per heavy atom. The summed E-state index contributed by atoms with van der Waals surface area (Å²) in [6.07, 6.45) is 2.84. The molecule has 8 heteroatoms. The van der Waals surface area contributed by atoms with E-state index in [1.807, 2.05) is 13.8 Å². The van der Waals surface area contributed by atoms with Crippen molar-refractivity contribution < 1.29 is 14.3 Å². The van der Waals surface area contributed by atoms with Crippen molar-refractivity contribution in [2.45, 2.75) is 33.1 Å². The number of rotatable bonds is 4. The average Bonchev–Trinajstić information content (AvgIpc) is 3.27. The lowest BCUT2D eigenvalue weighted by Gasteiger charge is -2.07. The highest BCUT2D eigenvalue weighted by atomic mass is 32.1. The molecule has 29 heavy (non-hydrogen) atoms. The normalized spacial score (nSPS) is 12.4. The first-order valence-electron chi connectivity index (χ1n) is 9.23. The molecule has 0 saturated carbocycles. The minimum atomic E-state index is -0.615.